The Morgan fingerprint density at radius 1 is 0.556 bits per heavy atom. The molecule has 0 spiro atoms. The Bertz CT molecular complexity index is 2340. The van der Waals surface area contributed by atoms with Gasteiger partial charge in [-0.05, 0) is 35.9 Å². The number of para-hydroxylation sites is 2. The first kappa shape index (κ1) is 25.7. The minimum Gasteiger partial charge on any atom is -0.317 e. The molecule has 45 heavy (non-hydrogen) atoms. The molecule has 3 aromatic heterocycles. The average molecular weight is 579 g/mol. The van der Waals surface area contributed by atoms with Crippen LogP contribution in [-0.2, 0) is 5.41 Å². The highest BCUT2D eigenvalue weighted by Crippen LogP contribution is 2.49. The van der Waals surface area contributed by atoms with E-state index in [9.17, 15) is 0 Å². The summed E-state index contributed by atoms with van der Waals surface area (Å²) in [6.45, 7) is 4.69. The molecule has 0 fully saturated rings. The molecule has 0 saturated heterocycles. The molecule has 0 saturated carbocycles. The van der Waals surface area contributed by atoms with Crippen LogP contribution in [0, 0.1) is 0 Å². The van der Waals surface area contributed by atoms with E-state index in [-0.39, 0.29) is 5.41 Å². The Balaban J connectivity index is 1.28. The van der Waals surface area contributed by atoms with Crippen molar-refractivity contribution in [3.8, 4) is 45.3 Å². The van der Waals surface area contributed by atoms with Gasteiger partial charge in [-0.2, -0.15) is 0 Å². The van der Waals surface area contributed by atoms with Gasteiger partial charge in [-0.1, -0.05) is 123 Å². The summed E-state index contributed by atoms with van der Waals surface area (Å²) in [6, 6.07) is 49.0. The van der Waals surface area contributed by atoms with Gasteiger partial charge in [0.2, 0.25) is 0 Å². The van der Waals surface area contributed by atoms with Gasteiger partial charge in [0.1, 0.15) is 0 Å². The summed E-state index contributed by atoms with van der Waals surface area (Å²) in [4.78, 5) is 10.2. The van der Waals surface area contributed by atoms with Crippen LogP contribution in [0.2, 0.25) is 0 Å². The summed E-state index contributed by atoms with van der Waals surface area (Å²) in [6.07, 6.45) is 2.33. The second kappa shape index (κ2) is 9.63. The summed E-state index contributed by atoms with van der Waals surface area (Å²) < 4.78 is 4.85. The van der Waals surface area contributed by atoms with Gasteiger partial charge in [-0.3, -0.25) is 0 Å². The van der Waals surface area contributed by atoms with Crippen LogP contribution < -0.4 is 0 Å². The van der Waals surface area contributed by atoms with Gasteiger partial charge in [0, 0.05) is 50.4 Å². The lowest BCUT2D eigenvalue weighted by atomic mass is 9.83. The zero-order valence-corrected chi connectivity index (χ0v) is 25.1. The molecule has 0 aliphatic carbocycles. The van der Waals surface area contributed by atoms with Crippen LogP contribution in [0.5, 0.6) is 0 Å². The number of benzene rings is 5. The molecule has 4 heterocycles. The molecule has 0 N–H and O–H groups in total. The molecule has 0 bridgehead atoms. The largest absolute Gasteiger partial charge is 0.317 e. The van der Waals surface area contributed by atoms with Crippen molar-refractivity contribution in [2.45, 2.75) is 19.3 Å². The smallest absolute Gasteiger partial charge is 0.160 e. The highest BCUT2D eigenvalue weighted by atomic mass is 15.1. The van der Waals surface area contributed by atoms with Crippen molar-refractivity contribution in [1.29, 1.82) is 0 Å². The van der Waals surface area contributed by atoms with E-state index in [2.05, 4.69) is 157 Å². The van der Waals surface area contributed by atoms with Crippen LogP contribution in [0.25, 0.3) is 67.1 Å². The van der Waals surface area contributed by atoms with Gasteiger partial charge in [-0.15, -0.1) is 0 Å². The molecular weight excluding hydrogens is 548 g/mol. The summed E-state index contributed by atoms with van der Waals surface area (Å²) in [5.41, 5.74) is 12.2. The van der Waals surface area contributed by atoms with Crippen LogP contribution in [-0.4, -0.2) is 19.1 Å². The summed E-state index contributed by atoms with van der Waals surface area (Å²) in [5.74, 6) is 0.708. The standard InChI is InChI=1S/C41H30N4/c1-41(2)33-21-10-12-23-37(33)44-26-32-31-20-9-11-22-36(31)45(38(32)39(41)44)30-19-13-18-29(24-30)40-42-34(27-14-5-3-6-15-27)25-35(43-40)28-16-7-4-8-17-28/h3-26H,1-2H3. The van der Waals surface area contributed by atoms with Crippen LogP contribution in [0.3, 0.4) is 0 Å². The SMILES string of the molecule is CC1(C)c2ccccc2-n2cc3c4ccccc4n(-c4cccc(-c5nc(-c6ccccc6)cc(-c6ccccc6)n5)c4)c3c21. The first-order valence-corrected chi connectivity index (χ1v) is 15.4. The molecule has 8 aromatic rings. The zero-order valence-electron chi connectivity index (χ0n) is 25.1. The van der Waals surface area contributed by atoms with Crippen molar-refractivity contribution in [2.75, 3.05) is 0 Å². The Labute approximate surface area is 261 Å². The van der Waals surface area contributed by atoms with Crippen LogP contribution in [0.15, 0.2) is 146 Å². The number of nitrogens with zero attached hydrogens (tertiary/aromatic N) is 4. The third-order valence-electron chi connectivity index (χ3n) is 9.29. The van der Waals surface area contributed by atoms with Gasteiger partial charge in [0.15, 0.2) is 5.82 Å². The Morgan fingerprint density at radius 3 is 1.91 bits per heavy atom. The maximum absolute atomic E-state index is 5.12. The van der Waals surface area contributed by atoms with Gasteiger partial charge in [-0.25, -0.2) is 9.97 Å². The van der Waals surface area contributed by atoms with Crippen molar-refractivity contribution < 1.29 is 0 Å². The minimum atomic E-state index is -0.153. The highest BCUT2D eigenvalue weighted by Gasteiger charge is 2.39. The molecule has 214 valence electrons. The Kier molecular flexibility index (Phi) is 5.51. The summed E-state index contributed by atoms with van der Waals surface area (Å²) in [5, 5.41) is 2.52. The normalized spacial score (nSPS) is 13.3. The van der Waals surface area contributed by atoms with Crippen molar-refractivity contribution in [2.24, 2.45) is 0 Å². The number of fused-ring (bicyclic) bond motifs is 7. The number of hydrogen-bond donors (Lipinski definition) is 0. The average Bonchev–Trinajstić information content (AvgIpc) is 3.71. The molecule has 9 rings (SSSR count). The molecular formula is C41H30N4. The number of aromatic nitrogens is 4. The van der Waals surface area contributed by atoms with Crippen molar-refractivity contribution in [3.05, 3.63) is 157 Å². The third-order valence-corrected chi connectivity index (χ3v) is 9.29. The topological polar surface area (TPSA) is 35.6 Å². The molecule has 4 heteroatoms. The van der Waals surface area contributed by atoms with E-state index in [4.69, 9.17) is 9.97 Å². The van der Waals surface area contributed by atoms with Crippen molar-refractivity contribution >= 4 is 21.8 Å². The highest BCUT2D eigenvalue weighted by molar-refractivity contribution is 6.11. The maximum Gasteiger partial charge on any atom is 0.160 e. The molecule has 0 amide bonds. The molecule has 0 atom stereocenters. The van der Waals surface area contributed by atoms with E-state index < -0.39 is 0 Å². The van der Waals surface area contributed by atoms with E-state index in [0.717, 1.165) is 33.8 Å². The Morgan fingerprint density at radius 2 is 1.18 bits per heavy atom. The molecule has 5 aromatic carbocycles. The van der Waals surface area contributed by atoms with E-state index in [1.165, 1.54) is 38.8 Å². The maximum atomic E-state index is 5.12. The van der Waals surface area contributed by atoms with Gasteiger partial charge < -0.3 is 9.13 Å². The minimum absolute atomic E-state index is 0.153. The fourth-order valence-corrected chi connectivity index (χ4v) is 7.21. The van der Waals surface area contributed by atoms with E-state index in [1.807, 2.05) is 12.1 Å². The quantitative estimate of drug-likeness (QED) is 0.208. The lowest BCUT2D eigenvalue weighted by Crippen LogP contribution is -2.16. The lowest BCUT2D eigenvalue weighted by Gasteiger charge is -2.21. The zero-order chi connectivity index (χ0) is 30.1. The van der Waals surface area contributed by atoms with Crippen molar-refractivity contribution in [3.63, 3.8) is 0 Å². The van der Waals surface area contributed by atoms with Gasteiger partial charge in [0.25, 0.3) is 0 Å². The fraction of sp³-hybridized carbons (Fsp3) is 0.0732. The third kappa shape index (κ3) is 3.85. The van der Waals surface area contributed by atoms with Crippen LogP contribution in [0.4, 0.5) is 0 Å². The monoisotopic (exact) mass is 578 g/mol. The predicted molar refractivity (Wildman–Crippen MR) is 184 cm³/mol. The van der Waals surface area contributed by atoms with E-state index in [0.29, 0.717) is 5.82 Å². The van der Waals surface area contributed by atoms with Crippen LogP contribution in [0.1, 0.15) is 25.1 Å². The molecule has 0 radical (unpaired) electrons. The second-order valence-corrected chi connectivity index (χ2v) is 12.3. The first-order valence-electron chi connectivity index (χ1n) is 15.4. The van der Waals surface area contributed by atoms with Crippen LogP contribution >= 0.6 is 0 Å². The van der Waals surface area contributed by atoms with Crippen molar-refractivity contribution in [1.82, 2.24) is 19.1 Å². The first-order chi connectivity index (χ1) is 22.1. The number of hydrogen-bond acceptors (Lipinski definition) is 2. The van der Waals surface area contributed by atoms with E-state index in [1.54, 1.807) is 0 Å². The molecule has 4 nitrogen and oxygen atoms in total. The second-order valence-electron chi connectivity index (χ2n) is 12.3. The summed E-state index contributed by atoms with van der Waals surface area (Å²) >= 11 is 0. The number of rotatable bonds is 4. The summed E-state index contributed by atoms with van der Waals surface area (Å²) in [7, 11) is 0. The molecule has 0 unspecified atom stereocenters. The molecule has 1 aliphatic heterocycles. The molecule has 1 aliphatic rings. The van der Waals surface area contributed by atoms with Gasteiger partial charge in [0.05, 0.1) is 28.1 Å². The van der Waals surface area contributed by atoms with Gasteiger partial charge >= 0.3 is 0 Å². The lowest BCUT2D eigenvalue weighted by molar-refractivity contribution is 0.646. The predicted octanol–water partition coefficient (Wildman–Crippen LogP) is 10.0. The van der Waals surface area contributed by atoms with E-state index >= 15 is 0 Å². The fourth-order valence-electron chi connectivity index (χ4n) is 7.21. The Hall–Kier alpha value is -5.74.